The van der Waals surface area contributed by atoms with Crippen LogP contribution in [-0.4, -0.2) is 24.2 Å². The summed E-state index contributed by atoms with van der Waals surface area (Å²) in [6.45, 7) is 0.720. The van der Waals surface area contributed by atoms with E-state index >= 15 is 0 Å². The van der Waals surface area contributed by atoms with Gasteiger partial charge in [-0.25, -0.2) is 0 Å². The summed E-state index contributed by atoms with van der Waals surface area (Å²) in [5.41, 5.74) is 1.01. The maximum atomic E-state index is 4.95. The molecule has 3 nitrogen and oxygen atoms in total. The van der Waals surface area contributed by atoms with Gasteiger partial charge in [0.2, 0.25) is 0 Å². The van der Waals surface area contributed by atoms with Gasteiger partial charge in [0.05, 0.1) is 19.3 Å². The number of hydroxylamine groups is 2. The van der Waals surface area contributed by atoms with Crippen LogP contribution in [0, 0.1) is 0 Å². The molecular weight excluding hydrogens is 140 g/mol. The summed E-state index contributed by atoms with van der Waals surface area (Å²) in [7, 11) is 3.51. The maximum absolute atomic E-state index is 4.95. The lowest BCUT2D eigenvalue weighted by Crippen LogP contribution is -2.16. The second-order valence-electron chi connectivity index (χ2n) is 2.29. The molecule has 0 N–H and O–H groups in total. The van der Waals surface area contributed by atoms with E-state index in [1.165, 1.54) is 0 Å². The molecule has 0 saturated heterocycles. The molecule has 1 aromatic rings. The molecule has 0 aromatic carbocycles. The second kappa shape index (κ2) is 4.05. The predicted octanol–water partition coefficient (Wildman–Crippen LogP) is 1.07. The first-order chi connectivity index (χ1) is 5.33. The Morgan fingerprint density at radius 2 is 2.36 bits per heavy atom. The molecule has 0 unspecified atom stereocenters. The van der Waals surface area contributed by atoms with Crippen LogP contribution in [0.2, 0.25) is 0 Å². The van der Waals surface area contributed by atoms with E-state index in [4.69, 9.17) is 4.84 Å². The minimum absolute atomic E-state index is 0.720. The Kier molecular flexibility index (Phi) is 3.01. The molecule has 1 aromatic heterocycles. The topological polar surface area (TPSA) is 25.4 Å². The number of hydrogen-bond donors (Lipinski definition) is 0. The van der Waals surface area contributed by atoms with E-state index in [1.807, 2.05) is 25.2 Å². The van der Waals surface area contributed by atoms with Crippen LogP contribution in [0.3, 0.4) is 0 Å². The summed E-state index contributed by atoms with van der Waals surface area (Å²) >= 11 is 0. The van der Waals surface area contributed by atoms with Crippen molar-refractivity contribution >= 4 is 0 Å². The molecule has 0 radical (unpaired) electrons. The predicted molar refractivity (Wildman–Crippen MR) is 42.7 cm³/mol. The van der Waals surface area contributed by atoms with Crippen molar-refractivity contribution in [3.8, 4) is 0 Å². The van der Waals surface area contributed by atoms with Crippen LogP contribution in [0.4, 0.5) is 0 Å². The average molecular weight is 152 g/mol. The summed E-state index contributed by atoms with van der Waals surface area (Å²) in [6.07, 6.45) is 1.78. The van der Waals surface area contributed by atoms with Crippen molar-refractivity contribution in [3.63, 3.8) is 0 Å². The number of nitrogens with zero attached hydrogens (tertiary/aromatic N) is 2. The van der Waals surface area contributed by atoms with E-state index in [0.29, 0.717) is 0 Å². The smallest absolute Gasteiger partial charge is 0.0660 e. The van der Waals surface area contributed by atoms with Gasteiger partial charge in [0.15, 0.2) is 0 Å². The number of pyridine rings is 1. The third-order valence-electron chi connectivity index (χ3n) is 1.42. The van der Waals surface area contributed by atoms with Gasteiger partial charge in [-0.2, -0.15) is 5.06 Å². The SMILES string of the molecule is CON(C)Cc1ccccn1. The first kappa shape index (κ1) is 8.17. The van der Waals surface area contributed by atoms with Gasteiger partial charge in [-0.05, 0) is 12.1 Å². The van der Waals surface area contributed by atoms with Crippen LogP contribution in [-0.2, 0) is 11.4 Å². The molecule has 1 heterocycles. The summed E-state index contributed by atoms with van der Waals surface area (Å²) in [5, 5.41) is 1.72. The molecule has 11 heavy (non-hydrogen) atoms. The van der Waals surface area contributed by atoms with Crippen molar-refractivity contribution in [1.29, 1.82) is 0 Å². The Balaban J connectivity index is 2.51. The highest BCUT2D eigenvalue weighted by Gasteiger charge is 1.96. The molecule has 0 saturated carbocycles. The van der Waals surface area contributed by atoms with E-state index in [-0.39, 0.29) is 0 Å². The van der Waals surface area contributed by atoms with Gasteiger partial charge in [-0.1, -0.05) is 6.07 Å². The standard InChI is InChI=1S/C8H12N2O/c1-10(11-2)7-8-5-3-4-6-9-8/h3-6H,7H2,1-2H3. The largest absolute Gasteiger partial charge is 0.302 e. The molecule has 1 rings (SSSR count). The fraction of sp³-hybridized carbons (Fsp3) is 0.375. The van der Waals surface area contributed by atoms with E-state index in [2.05, 4.69) is 4.98 Å². The number of hydrogen-bond acceptors (Lipinski definition) is 3. The number of aromatic nitrogens is 1. The number of rotatable bonds is 3. The third-order valence-corrected chi connectivity index (χ3v) is 1.42. The molecule has 0 aliphatic heterocycles. The normalized spacial score (nSPS) is 10.5. The van der Waals surface area contributed by atoms with Crippen molar-refractivity contribution in [2.45, 2.75) is 6.54 Å². The zero-order valence-corrected chi connectivity index (χ0v) is 6.82. The molecule has 0 amide bonds. The summed E-state index contributed by atoms with van der Waals surface area (Å²) in [5.74, 6) is 0. The van der Waals surface area contributed by atoms with Crippen LogP contribution in [0.25, 0.3) is 0 Å². The molecule has 0 bridgehead atoms. The van der Waals surface area contributed by atoms with Gasteiger partial charge in [0, 0.05) is 13.2 Å². The van der Waals surface area contributed by atoms with E-state index in [1.54, 1.807) is 18.4 Å². The zero-order chi connectivity index (χ0) is 8.10. The first-order valence-corrected chi connectivity index (χ1v) is 3.48. The Bertz CT molecular complexity index is 201. The van der Waals surface area contributed by atoms with Crippen molar-refractivity contribution in [2.75, 3.05) is 14.2 Å². The Labute approximate surface area is 66.6 Å². The van der Waals surface area contributed by atoms with Gasteiger partial charge in [-0.15, -0.1) is 0 Å². The highest BCUT2D eigenvalue weighted by molar-refractivity contribution is 5.02. The fourth-order valence-electron chi connectivity index (χ4n) is 0.784. The van der Waals surface area contributed by atoms with Crippen LogP contribution in [0.5, 0.6) is 0 Å². The molecule has 60 valence electrons. The molecular formula is C8H12N2O. The lowest BCUT2D eigenvalue weighted by atomic mass is 10.3. The Morgan fingerprint density at radius 3 is 2.91 bits per heavy atom. The van der Waals surface area contributed by atoms with Crippen LogP contribution >= 0.6 is 0 Å². The van der Waals surface area contributed by atoms with E-state index < -0.39 is 0 Å². The van der Waals surface area contributed by atoms with Crippen molar-refractivity contribution in [3.05, 3.63) is 30.1 Å². The molecule has 0 spiro atoms. The van der Waals surface area contributed by atoms with E-state index in [9.17, 15) is 0 Å². The zero-order valence-electron chi connectivity index (χ0n) is 6.82. The van der Waals surface area contributed by atoms with Crippen molar-refractivity contribution < 1.29 is 4.84 Å². The Morgan fingerprint density at radius 1 is 1.55 bits per heavy atom. The lowest BCUT2D eigenvalue weighted by Gasteiger charge is -2.11. The summed E-state index contributed by atoms with van der Waals surface area (Å²) < 4.78 is 0. The van der Waals surface area contributed by atoms with Gasteiger partial charge in [0.25, 0.3) is 0 Å². The highest BCUT2D eigenvalue weighted by Crippen LogP contribution is 1.97. The van der Waals surface area contributed by atoms with Crippen molar-refractivity contribution in [1.82, 2.24) is 10.0 Å². The fourth-order valence-corrected chi connectivity index (χ4v) is 0.784. The molecule has 0 fully saturated rings. The monoisotopic (exact) mass is 152 g/mol. The molecule has 0 aliphatic carbocycles. The van der Waals surface area contributed by atoms with Crippen molar-refractivity contribution in [2.24, 2.45) is 0 Å². The van der Waals surface area contributed by atoms with Gasteiger partial charge in [-0.3, -0.25) is 4.98 Å². The maximum Gasteiger partial charge on any atom is 0.0660 e. The summed E-state index contributed by atoms with van der Waals surface area (Å²) in [6, 6.07) is 5.83. The Hall–Kier alpha value is -0.930. The summed E-state index contributed by atoms with van der Waals surface area (Å²) in [4.78, 5) is 9.09. The van der Waals surface area contributed by atoms with E-state index in [0.717, 1.165) is 12.2 Å². The molecule has 0 atom stereocenters. The minimum Gasteiger partial charge on any atom is -0.302 e. The minimum atomic E-state index is 0.720. The molecule has 0 aliphatic rings. The van der Waals surface area contributed by atoms with Crippen LogP contribution in [0.1, 0.15) is 5.69 Å². The second-order valence-corrected chi connectivity index (χ2v) is 2.29. The van der Waals surface area contributed by atoms with Crippen LogP contribution in [0.15, 0.2) is 24.4 Å². The first-order valence-electron chi connectivity index (χ1n) is 3.48. The van der Waals surface area contributed by atoms with Crippen LogP contribution < -0.4 is 0 Å². The van der Waals surface area contributed by atoms with Gasteiger partial charge in [0.1, 0.15) is 0 Å². The highest BCUT2D eigenvalue weighted by atomic mass is 16.7. The molecule has 3 heteroatoms. The average Bonchev–Trinajstić information content (AvgIpc) is 2.06. The third kappa shape index (κ3) is 2.65. The quantitative estimate of drug-likeness (QED) is 0.606. The van der Waals surface area contributed by atoms with Gasteiger partial charge < -0.3 is 4.84 Å². The lowest BCUT2D eigenvalue weighted by molar-refractivity contribution is -0.117. The van der Waals surface area contributed by atoms with Gasteiger partial charge >= 0.3 is 0 Å².